The van der Waals surface area contributed by atoms with Crippen molar-refractivity contribution in [1.29, 1.82) is 0 Å². The van der Waals surface area contributed by atoms with Crippen LogP contribution in [0.3, 0.4) is 0 Å². The molecule has 136 valence electrons. The summed E-state index contributed by atoms with van der Waals surface area (Å²) in [4.78, 5) is 12.6. The van der Waals surface area contributed by atoms with E-state index in [1.165, 1.54) is 0 Å². The Kier molecular flexibility index (Phi) is 6.62. The third kappa shape index (κ3) is 4.83. The van der Waals surface area contributed by atoms with Gasteiger partial charge < -0.3 is 10.6 Å². The maximum Gasteiger partial charge on any atom is 0.251 e. The average Bonchev–Trinajstić information content (AvgIpc) is 2.87. The molecule has 1 aromatic carbocycles. The first-order valence-electron chi connectivity index (χ1n) is 8.67. The van der Waals surface area contributed by atoms with Crippen molar-refractivity contribution in [3.63, 3.8) is 0 Å². The van der Waals surface area contributed by atoms with Gasteiger partial charge in [0.2, 0.25) is 0 Å². The van der Waals surface area contributed by atoms with Crippen molar-refractivity contribution in [1.82, 2.24) is 20.4 Å². The molecule has 0 bridgehead atoms. The molecule has 0 saturated carbocycles. The first kappa shape index (κ1) is 19.5. The van der Waals surface area contributed by atoms with Crippen LogP contribution in [-0.4, -0.2) is 34.3 Å². The molecule has 2 aromatic rings. The highest BCUT2D eigenvalue weighted by molar-refractivity contribution is 5.94. The Morgan fingerprint density at radius 3 is 2.84 bits per heavy atom. The summed E-state index contributed by atoms with van der Waals surface area (Å²) in [5.41, 5.74) is 3.94. The molecule has 5 nitrogen and oxygen atoms in total. The fourth-order valence-corrected chi connectivity index (χ4v) is 3.31. The van der Waals surface area contributed by atoms with Gasteiger partial charge >= 0.3 is 0 Å². The molecule has 1 saturated heterocycles. The minimum Gasteiger partial charge on any atom is -0.348 e. The van der Waals surface area contributed by atoms with Crippen molar-refractivity contribution >= 4 is 18.3 Å². The zero-order valence-corrected chi connectivity index (χ0v) is 15.9. The molecule has 2 N–H and O–H groups in total. The first-order chi connectivity index (χ1) is 11.5. The largest absolute Gasteiger partial charge is 0.348 e. The van der Waals surface area contributed by atoms with Crippen molar-refractivity contribution in [3.8, 4) is 0 Å². The van der Waals surface area contributed by atoms with Crippen LogP contribution in [0.4, 0.5) is 0 Å². The van der Waals surface area contributed by atoms with E-state index < -0.39 is 0 Å². The van der Waals surface area contributed by atoms with Gasteiger partial charge in [-0.2, -0.15) is 5.10 Å². The summed E-state index contributed by atoms with van der Waals surface area (Å²) < 4.78 is 1.97. The molecule has 25 heavy (non-hydrogen) atoms. The van der Waals surface area contributed by atoms with Gasteiger partial charge in [-0.25, -0.2) is 0 Å². The van der Waals surface area contributed by atoms with Gasteiger partial charge in [-0.3, -0.25) is 9.48 Å². The fourth-order valence-electron chi connectivity index (χ4n) is 3.31. The van der Waals surface area contributed by atoms with E-state index in [9.17, 15) is 4.79 Å². The Morgan fingerprint density at radius 2 is 2.16 bits per heavy atom. The van der Waals surface area contributed by atoms with E-state index in [1.54, 1.807) is 0 Å². The number of aromatic nitrogens is 2. The Balaban J connectivity index is 0.00000225. The van der Waals surface area contributed by atoms with E-state index in [0.29, 0.717) is 18.2 Å². The zero-order valence-electron chi connectivity index (χ0n) is 15.1. The average molecular weight is 363 g/mol. The van der Waals surface area contributed by atoms with E-state index in [4.69, 9.17) is 0 Å². The highest BCUT2D eigenvalue weighted by Gasteiger charge is 2.22. The molecule has 3 rings (SSSR count). The van der Waals surface area contributed by atoms with Crippen LogP contribution in [0.1, 0.15) is 47.1 Å². The number of benzene rings is 1. The molecular weight excluding hydrogens is 336 g/mol. The Morgan fingerprint density at radius 1 is 1.36 bits per heavy atom. The second-order valence-electron chi connectivity index (χ2n) is 6.75. The normalized spacial score (nSPS) is 20.0. The van der Waals surface area contributed by atoms with Crippen LogP contribution in [0.5, 0.6) is 0 Å². The van der Waals surface area contributed by atoms with Crippen molar-refractivity contribution in [2.24, 2.45) is 0 Å². The molecule has 0 radical (unpaired) electrons. The van der Waals surface area contributed by atoms with Crippen LogP contribution in [0.15, 0.2) is 30.3 Å². The minimum atomic E-state index is 0. The Labute approximate surface area is 155 Å². The smallest absolute Gasteiger partial charge is 0.251 e. The van der Waals surface area contributed by atoms with Gasteiger partial charge in [0.15, 0.2) is 0 Å². The van der Waals surface area contributed by atoms with Crippen LogP contribution >= 0.6 is 12.4 Å². The lowest BCUT2D eigenvalue weighted by atomic mass is 9.99. The third-order valence-electron chi connectivity index (χ3n) is 4.70. The summed E-state index contributed by atoms with van der Waals surface area (Å²) in [6.07, 6.45) is 2.14. The van der Waals surface area contributed by atoms with E-state index in [-0.39, 0.29) is 24.4 Å². The molecule has 1 aromatic heterocycles. The molecule has 0 spiro atoms. The molecule has 2 unspecified atom stereocenters. The van der Waals surface area contributed by atoms with E-state index in [2.05, 4.69) is 28.7 Å². The van der Waals surface area contributed by atoms with Crippen LogP contribution in [-0.2, 0) is 6.54 Å². The summed E-state index contributed by atoms with van der Waals surface area (Å²) in [6.45, 7) is 7.89. The number of carbonyl (C=O) groups is 1. The maximum atomic E-state index is 12.6. The van der Waals surface area contributed by atoms with Crippen molar-refractivity contribution in [2.45, 2.75) is 52.2 Å². The zero-order chi connectivity index (χ0) is 17.1. The van der Waals surface area contributed by atoms with Crippen molar-refractivity contribution in [2.75, 3.05) is 6.54 Å². The Hall–Kier alpha value is -1.85. The predicted molar refractivity (Wildman–Crippen MR) is 102 cm³/mol. The van der Waals surface area contributed by atoms with Crippen molar-refractivity contribution in [3.05, 3.63) is 52.8 Å². The maximum absolute atomic E-state index is 12.6. The van der Waals surface area contributed by atoms with Gasteiger partial charge in [0.25, 0.3) is 5.91 Å². The van der Waals surface area contributed by atoms with Crippen LogP contribution in [0.25, 0.3) is 0 Å². The number of rotatable bonds is 4. The lowest BCUT2D eigenvalue weighted by Gasteiger charge is -2.30. The number of aryl methyl sites for hydroxylation is 2. The lowest BCUT2D eigenvalue weighted by Crippen LogP contribution is -2.51. The van der Waals surface area contributed by atoms with Gasteiger partial charge in [-0.05, 0) is 63.9 Å². The molecule has 1 fully saturated rings. The first-order valence-corrected chi connectivity index (χ1v) is 8.67. The SMILES string of the molecule is Cc1cc(C)n(Cc2cccc(C(=O)NC3CCCNC3C)c2)n1.Cl. The number of halogens is 1. The summed E-state index contributed by atoms with van der Waals surface area (Å²) in [5, 5.41) is 11.1. The number of carbonyl (C=O) groups excluding carboxylic acids is 1. The lowest BCUT2D eigenvalue weighted by molar-refractivity contribution is 0.0919. The molecule has 0 aliphatic carbocycles. The number of piperidine rings is 1. The molecule has 1 amide bonds. The van der Waals surface area contributed by atoms with E-state index >= 15 is 0 Å². The van der Waals surface area contributed by atoms with Crippen molar-refractivity contribution < 1.29 is 4.79 Å². The number of hydrogen-bond donors (Lipinski definition) is 2. The topological polar surface area (TPSA) is 59.0 Å². The quantitative estimate of drug-likeness (QED) is 0.879. The van der Waals surface area contributed by atoms with Gasteiger partial charge in [-0.1, -0.05) is 12.1 Å². The molecule has 2 atom stereocenters. The van der Waals surface area contributed by atoms with Gasteiger partial charge in [0.05, 0.1) is 12.2 Å². The summed E-state index contributed by atoms with van der Waals surface area (Å²) in [5.74, 6) is 0.00534. The second-order valence-corrected chi connectivity index (χ2v) is 6.75. The Bertz CT molecular complexity index is 728. The number of nitrogens with zero attached hydrogens (tertiary/aromatic N) is 2. The van der Waals surface area contributed by atoms with Crippen LogP contribution < -0.4 is 10.6 Å². The molecule has 1 aliphatic heterocycles. The van der Waals surface area contributed by atoms with Crippen LogP contribution in [0, 0.1) is 13.8 Å². The van der Waals surface area contributed by atoms with E-state index in [0.717, 1.165) is 36.3 Å². The van der Waals surface area contributed by atoms with Gasteiger partial charge in [0.1, 0.15) is 0 Å². The molecule has 2 heterocycles. The number of amides is 1. The minimum absolute atomic E-state index is 0. The van der Waals surface area contributed by atoms with Gasteiger partial charge in [0, 0.05) is 23.3 Å². The number of hydrogen-bond acceptors (Lipinski definition) is 3. The fraction of sp³-hybridized carbons (Fsp3) is 0.474. The predicted octanol–water partition coefficient (Wildman–Crippen LogP) is 2.84. The van der Waals surface area contributed by atoms with Gasteiger partial charge in [-0.15, -0.1) is 12.4 Å². The standard InChI is InChI=1S/C19H26N4O.ClH/c1-13-10-14(2)23(22-13)12-16-6-4-7-17(11-16)19(24)21-18-8-5-9-20-15(18)3;/h4,6-7,10-11,15,18,20H,5,8-9,12H2,1-3H3,(H,21,24);1H. The summed E-state index contributed by atoms with van der Waals surface area (Å²) in [6, 6.07) is 10.4. The molecule has 1 aliphatic rings. The second kappa shape index (κ2) is 8.50. The molecular formula is C19H27ClN4O. The van der Waals surface area contributed by atoms with E-state index in [1.807, 2.05) is 42.8 Å². The third-order valence-corrected chi connectivity index (χ3v) is 4.70. The monoisotopic (exact) mass is 362 g/mol. The van der Waals surface area contributed by atoms with Crippen LogP contribution in [0.2, 0.25) is 0 Å². The summed E-state index contributed by atoms with van der Waals surface area (Å²) in [7, 11) is 0. The highest BCUT2D eigenvalue weighted by atomic mass is 35.5. The highest BCUT2D eigenvalue weighted by Crippen LogP contribution is 2.12. The molecule has 6 heteroatoms. The summed E-state index contributed by atoms with van der Waals surface area (Å²) >= 11 is 0. The number of nitrogens with one attached hydrogen (secondary N) is 2.